The summed E-state index contributed by atoms with van der Waals surface area (Å²) in [7, 11) is 0. The summed E-state index contributed by atoms with van der Waals surface area (Å²) in [6.07, 6.45) is 3.90. The Morgan fingerprint density at radius 2 is 1.84 bits per heavy atom. The average Bonchev–Trinajstić information content (AvgIpc) is 3.00. The Morgan fingerprint density at radius 1 is 1.10 bits per heavy atom. The molecule has 0 spiro atoms. The standard InChI is InChI=1S/C25H36N2O4/c1-5-15-31-21-11-9-20(10-12-21)22-23(26-13-6-8-19(4)17-26)25(29)27(24(22)28)14-7-16-30-18(2)3/h9-12,18-19H,5-8,13-17H2,1-4H3. The first-order valence-electron chi connectivity index (χ1n) is 11.6. The molecule has 170 valence electrons. The number of amides is 2. The molecule has 31 heavy (non-hydrogen) atoms. The fourth-order valence-corrected chi connectivity index (χ4v) is 4.19. The highest BCUT2D eigenvalue weighted by Gasteiger charge is 2.41. The highest BCUT2D eigenvalue weighted by molar-refractivity contribution is 6.35. The molecule has 0 aromatic heterocycles. The first kappa shape index (κ1) is 23.3. The molecule has 0 aliphatic carbocycles. The minimum Gasteiger partial charge on any atom is -0.494 e. The van der Waals surface area contributed by atoms with Crippen LogP contribution in [0.3, 0.4) is 0 Å². The number of ether oxygens (including phenoxy) is 2. The van der Waals surface area contributed by atoms with Gasteiger partial charge in [-0.05, 0) is 63.1 Å². The smallest absolute Gasteiger partial charge is 0.277 e. The Bertz CT molecular complexity index is 800. The van der Waals surface area contributed by atoms with Crippen molar-refractivity contribution in [1.29, 1.82) is 0 Å². The zero-order chi connectivity index (χ0) is 22.4. The maximum atomic E-state index is 13.4. The maximum Gasteiger partial charge on any atom is 0.277 e. The van der Waals surface area contributed by atoms with Crippen LogP contribution in [0.25, 0.3) is 5.57 Å². The summed E-state index contributed by atoms with van der Waals surface area (Å²) in [5.74, 6) is 0.900. The van der Waals surface area contributed by atoms with Crippen molar-refractivity contribution in [2.24, 2.45) is 5.92 Å². The number of hydrogen-bond donors (Lipinski definition) is 0. The second kappa shape index (κ2) is 10.8. The molecule has 1 fully saturated rings. The van der Waals surface area contributed by atoms with E-state index >= 15 is 0 Å². The summed E-state index contributed by atoms with van der Waals surface area (Å²) in [4.78, 5) is 30.3. The van der Waals surface area contributed by atoms with Crippen LogP contribution in [-0.2, 0) is 14.3 Å². The van der Waals surface area contributed by atoms with Crippen molar-refractivity contribution < 1.29 is 19.1 Å². The van der Waals surface area contributed by atoms with Gasteiger partial charge in [0.15, 0.2) is 0 Å². The first-order chi connectivity index (χ1) is 14.9. The van der Waals surface area contributed by atoms with E-state index < -0.39 is 0 Å². The van der Waals surface area contributed by atoms with Crippen molar-refractivity contribution in [3.63, 3.8) is 0 Å². The molecule has 1 atom stereocenters. The van der Waals surface area contributed by atoms with E-state index in [1.54, 1.807) is 0 Å². The molecule has 6 nitrogen and oxygen atoms in total. The summed E-state index contributed by atoms with van der Waals surface area (Å²) in [6, 6.07) is 7.55. The molecule has 0 saturated carbocycles. The third-order valence-corrected chi connectivity index (χ3v) is 5.71. The molecule has 1 unspecified atom stereocenters. The van der Waals surface area contributed by atoms with Crippen molar-refractivity contribution in [3.8, 4) is 5.75 Å². The van der Waals surface area contributed by atoms with E-state index in [1.165, 1.54) is 4.90 Å². The van der Waals surface area contributed by atoms with Crippen molar-refractivity contribution >= 4 is 17.4 Å². The van der Waals surface area contributed by atoms with Crippen molar-refractivity contribution in [1.82, 2.24) is 9.80 Å². The Hall–Kier alpha value is -2.34. The van der Waals surface area contributed by atoms with Gasteiger partial charge in [0, 0.05) is 26.2 Å². The fraction of sp³-hybridized carbons (Fsp3) is 0.600. The predicted octanol–water partition coefficient (Wildman–Crippen LogP) is 4.10. The van der Waals surface area contributed by atoms with Gasteiger partial charge in [0.25, 0.3) is 11.8 Å². The zero-order valence-electron chi connectivity index (χ0n) is 19.4. The number of carbonyl (C=O) groups excluding carboxylic acids is 2. The van der Waals surface area contributed by atoms with Crippen LogP contribution in [0.2, 0.25) is 0 Å². The van der Waals surface area contributed by atoms with Gasteiger partial charge in [0.05, 0.1) is 18.3 Å². The monoisotopic (exact) mass is 428 g/mol. The van der Waals surface area contributed by atoms with E-state index in [4.69, 9.17) is 9.47 Å². The van der Waals surface area contributed by atoms with E-state index in [2.05, 4.69) is 18.7 Å². The molecule has 2 aliphatic rings. The van der Waals surface area contributed by atoms with Gasteiger partial charge in [-0.1, -0.05) is 26.0 Å². The van der Waals surface area contributed by atoms with Crippen LogP contribution < -0.4 is 4.74 Å². The number of piperidine rings is 1. The molecule has 0 bridgehead atoms. The molecule has 1 aromatic rings. The Kier molecular flexibility index (Phi) is 8.13. The molecule has 1 saturated heterocycles. The van der Waals surface area contributed by atoms with Crippen LogP contribution in [-0.4, -0.2) is 60.6 Å². The number of rotatable bonds is 10. The molecule has 0 N–H and O–H groups in total. The van der Waals surface area contributed by atoms with Crippen LogP contribution in [0.4, 0.5) is 0 Å². The number of likely N-dealkylation sites (tertiary alicyclic amines) is 1. The lowest BCUT2D eigenvalue weighted by Gasteiger charge is -2.33. The molecule has 0 radical (unpaired) electrons. The molecule has 2 aliphatic heterocycles. The number of nitrogens with zero attached hydrogens (tertiary/aromatic N) is 2. The highest BCUT2D eigenvalue weighted by atomic mass is 16.5. The summed E-state index contributed by atoms with van der Waals surface area (Å²) >= 11 is 0. The summed E-state index contributed by atoms with van der Waals surface area (Å²) < 4.78 is 11.3. The number of hydrogen-bond acceptors (Lipinski definition) is 5. The molecular weight excluding hydrogens is 392 g/mol. The van der Waals surface area contributed by atoms with Crippen molar-refractivity contribution in [3.05, 3.63) is 35.5 Å². The predicted molar refractivity (Wildman–Crippen MR) is 122 cm³/mol. The van der Waals surface area contributed by atoms with E-state index in [0.717, 1.165) is 43.7 Å². The third kappa shape index (κ3) is 5.67. The van der Waals surface area contributed by atoms with Gasteiger partial charge in [0.2, 0.25) is 0 Å². The van der Waals surface area contributed by atoms with Crippen molar-refractivity contribution in [2.75, 3.05) is 32.8 Å². The van der Waals surface area contributed by atoms with E-state index in [-0.39, 0.29) is 17.9 Å². The van der Waals surface area contributed by atoms with Gasteiger partial charge in [-0.15, -0.1) is 0 Å². The number of imide groups is 1. The van der Waals surface area contributed by atoms with Gasteiger partial charge in [-0.2, -0.15) is 0 Å². The SMILES string of the molecule is CCCOc1ccc(C2=C(N3CCCC(C)C3)C(=O)N(CCCOC(C)C)C2=O)cc1. The topological polar surface area (TPSA) is 59.1 Å². The lowest BCUT2D eigenvalue weighted by atomic mass is 9.97. The molecule has 2 amide bonds. The quantitative estimate of drug-likeness (QED) is 0.415. The maximum absolute atomic E-state index is 13.4. The summed E-state index contributed by atoms with van der Waals surface area (Å²) in [5.41, 5.74) is 1.85. The number of carbonyl (C=O) groups is 2. The van der Waals surface area contributed by atoms with E-state index in [0.29, 0.717) is 43.4 Å². The van der Waals surface area contributed by atoms with Crippen LogP contribution in [0.5, 0.6) is 5.75 Å². The molecule has 3 rings (SSSR count). The molecule has 2 heterocycles. The zero-order valence-corrected chi connectivity index (χ0v) is 19.4. The Balaban J connectivity index is 1.86. The van der Waals surface area contributed by atoms with Gasteiger partial charge in [-0.3, -0.25) is 14.5 Å². The Labute approximate surface area is 186 Å². The molecule has 6 heteroatoms. The number of benzene rings is 1. The average molecular weight is 429 g/mol. The van der Waals surface area contributed by atoms with Crippen LogP contribution in [0.1, 0.15) is 58.9 Å². The van der Waals surface area contributed by atoms with E-state index in [9.17, 15) is 9.59 Å². The minimum absolute atomic E-state index is 0.137. The minimum atomic E-state index is -0.204. The summed E-state index contributed by atoms with van der Waals surface area (Å²) in [6.45, 7) is 11.4. The molecule has 1 aromatic carbocycles. The van der Waals surface area contributed by atoms with Gasteiger partial charge in [-0.25, -0.2) is 0 Å². The van der Waals surface area contributed by atoms with Crippen LogP contribution in [0, 0.1) is 5.92 Å². The largest absolute Gasteiger partial charge is 0.494 e. The second-order valence-electron chi connectivity index (χ2n) is 8.82. The fourth-order valence-electron chi connectivity index (χ4n) is 4.19. The molecular formula is C25H36N2O4. The van der Waals surface area contributed by atoms with Gasteiger partial charge >= 0.3 is 0 Å². The van der Waals surface area contributed by atoms with Gasteiger partial charge in [0.1, 0.15) is 11.4 Å². The highest BCUT2D eigenvalue weighted by Crippen LogP contribution is 2.34. The lowest BCUT2D eigenvalue weighted by molar-refractivity contribution is -0.137. The van der Waals surface area contributed by atoms with Crippen molar-refractivity contribution in [2.45, 2.75) is 59.5 Å². The van der Waals surface area contributed by atoms with Crippen LogP contribution in [0.15, 0.2) is 30.0 Å². The summed E-state index contributed by atoms with van der Waals surface area (Å²) in [5, 5.41) is 0. The third-order valence-electron chi connectivity index (χ3n) is 5.71. The van der Waals surface area contributed by atoms with Gasteiger partial charge < -0.3 is 14.4 Å². The first-order valence-corrected chi connectivity index (χ1v) is 11.6. The normalized spacial score (nSPS) is 19.7. The Morgan fingerprint density at radius 3 is 2.48 bits per heavy atom. The lowest BCUT2D eigenvalue weighted by Crippen LogP contribution is -2.39. The second-order valence-corrected chi connectivity index (χ2v) is 8.82. The van der Waals surface area contributed by atoms with E-state index in [1.807, 2.05) is 38.1 Å². The van der Waals surface area contributed by atoms with Crippen LogP contribution >= 0.6 is 0 Å².